The molecule has 2 aromatic rings. The second-order valence-electron chi connectivity index (χ2n) is 4.19. The summed E-state index contributed by atoms with van der Waals surface area (Å²) in [7, 11) is 0. The highest BCUT2D eigenvalue weighted by molar-refractivity contribution is 7.12. The highest BCUT2D eigenvalue weighted by atomic mass is 32.1. The number of rotatable bonds is 4. The first kappa shape index (κ1) is 14.1. The second kappa shape index (κ2) is 5.75. The molecule has 1 heterocycles. The average Bonchev–Trinajstić information content (AvgIpc) is 2.86. The Morgan fingerprint density at radius 2 is 2.10 bits per heavy atom. The third-order valence-electron chi connectivity index (χ3n) is 2.86. The third kappa shape index (κ3) is 2.80. The van der Waals surface area contributed by atoms with E-state index >= 15 is 0 Å². The quantitative estimate of drug-likeness (QED) is 0.755. The van der Waals surface area contributed by atoms with Crippen LogP contribution >= 0.6 is 11.3 Å². The first-order chi connectivity index (χ1) is 9.52. The summed E-state index contributed by atoms with van der Waals surface area (Å²) in [5.41, 5.74) is 7.19. The number of carboxylic acids is 1. The second-order valence-corrected chi connectivity index (χ2v) is 5.11. The molecule has 6 heteroatoms. The fourth-order valence-corrected chi connectivity index (χ4v) is 2.73. The van der Waals surface area contributed by atoms with Crippen LogP contribution in [0.15, 0.2) is 29.6 Å². The maximum atomic E-state index is 12.2. The predicted octanol–water partition coefficient (Wildman–Crippen LogP) is 2.84. The third-order valence-corrected chi connectivity index (χ3v) is 3.81. The van der Waals surface area contributed by atoms with Gasteiger partial charge in [-0.15, -0.1) is 11.3 Å². The molecule has 1 aromatic carbocycles. The van der Waals surface area contributed by atoms with Gasteiger partial charge < -0.3 is 16.2 Å². The molecule has 0 unspecified atom stereocenters. The van der Waals surface area contributed by atoms with E-state index in [4.69, 9.17) is 10.8 Å². The molecule has 104 valence electrons. The predicted molar refractivity (Wildman–Crippen MR) is 79.5 cm³/mol. The number of aromatic carboxylic acids is 1. The van der Waals surface area contributed by atoms with Crippen LogP contribution in [0.4, 0.5) is 11.4 Å². The number of thiophene rings is 1. The fraction of sp³-hybridized carbons (Fsp3) is 0.143. The van der Waals surface area contributed by atoms with Crippen molar-refractivity contribution in [1.29, 1.82) is 0 Å². The molecule has 0 bridgehead atoms. The number of benzene rings is 1. The Morgan fingerprint density at radius 3 is 2.75 bits per heavy atom. The van der Waals surface area contributed by atoms with E-state index in [0.717, 1.165) is 12.0 Å². The van der Waals surface area contributed by atoms with Gasteiger partial charge in [0.1, 0.15) is 0 Å². The van der Waals surface area contributed by atoms with Gasteiger partial charge in [0.2, 0.25) is 0 Å². The molecule has 0 saturated carbocycles. The minimum atomic E-state index is -1.11. The number of nitrogen functional groups attached to an aromatic ring is 1. The average molecular weight is 290 g/mol. The number of carbonyl (C=O) groups excluding carboxylic acids is 1. The fourth-order valence-electron chi connectivity index (χ4n) is 1.84. The molecule has 0 spiro atoms. The van der Waals surface area contributed by atoms with Gasteiger partial charge in [-0.1, -0.05) is 6.92 Å². The summed E-state index contributed by atoms with van der Waals surface area (Å²) in [5, 5.41) is 13.6. The Morgan fingerprint density at radius 1 is 1.35 bits per heavy atom. The first-order valence-corrected chi connectivity index (χ1v) is 6.91. The van der Waals surface area contributed by atoms with Crippen molar-refractivity contribution >= 4 is 34.6 Å². The molecular weight excluding hydrogens is 276 g/mol. The summed E-state index contributed by atoms with van der Waals surface area (Å²) in [6.07, 6.45) is 0.745. The molecule has 0 aliphatic rings. The lowest BCUT2D eigenvalue weighted by molar-refractivity contribution is 0.0698. The summed E-state index contributed by atoms with van der Waals surface area (Å²) >= 11 is 1.33. The summed E-state index contributed by atoms with van der Waals surface area (Å²) in [6.45, 7) is 1.96. The minimum absolute atomic E-state index is 0.0159. The summed E-state index contributed by atoms with van der Waals surface area (Å²) in [6, 6.07) is 6.20. The van der Waals surface area contributed by atoms with Gasteiger partial charge in [-0.05, 0) is 41.6 Å². The van der Waals surface area contributed by atoms with Crippen molar-refractivity contribution in [3.8, 4) is 0 Å². The van der Waals surface area contributed by atoms with Crippen LogP contribution in [0.25, 0.3) is 0 Å². The number of nitrogens with two attached hydrogens (primary N) is 1. The van der Waals surface area contributed by atoms with Crippen molar-refractivity contribution in [2.75, 3.05) is 11.1 Å². The molecule has 20 heavy (non-hydrogen) atoms. The largest absolute Gasteiger partial charge is 0.478 e. The molecule has 5 nitrogen and oxygen atoms in total. The van der Waals surface area contributed by atoms with Crippen molar-refractivity contribution in [3.05, 3.63) is 45.6 Å². The SMILES string of the molecule is CCc1ccsc1C(=O)Nc1cc(N)ccc1C(=O)O. The van der Waals surface area contributed by atoms with Crippen molar-refractivity contribution in [3.63, 3.8) is 0 Å². The molecule has 4 N–H and O–H groups in total. The molecule has 0 atom stereocenters. The van der Waals surface area contributed by atoms with Gasteiger partial charge in [-0.25, -0.2) is 4.79 Å². The van der Waals surface area contributed by atoms with Gasteiger partial charge in [0.05, 0.1) is 16.1 Å². The van der Waals surface area contributed by atoms with E-state index < -0.39 is 5.97 Å². The van der Waals surface area contributed by atoms with Crippen LogP contribution in [0.5, 0.6) is 0 Å². The van der Waals surface area contributed by atoms with Crippen LogP contribution < -0.4 is 11.1 Å². The topological polar surface area (TPSA) is 92.4 Å². The molecule has 1 amide bonds. The van der Waals surface area contributed by atoms with E-state index in [1.54, 1.807) is 0 Å². The van der Waals surface area contributed by atoms with E-state index in [-0.39, 0.29) is 17.2 Å². The number of nitrogens with one attached hydrogen (secondary N) is 1. The zero-order valence-electron chi connectivity index (χ0n) is 10.8. The maximum absolute atomic E-state index is 12.2. The zero-order valence-corrected chi connectivity index (χ0v) is 11.7. The summed E-state index contributed by atoms with van der Waals surface area (Å²) in [5.74, 6) is -1.42. The van der Waals surface area contributed by atoms with Crippen LogP contribution in [0.1, 0.15) is 32.5 Å². The highest BCUT2D eigenvalue weighted by Crippen LogP contribution is 2.23. The number of carboxylic acid groups (broad SMARTS) is 1. The molecule has 1 aromatic heterocycles. The van der Waals surface area contributed by atoms with Crippen LogP contribution in [0, 0.1) is 0 Å². The van der Waals surface area contributed by atoms with E-state index in [0.29, 0.717) is 10.6 Å². The first-order valence-electron chi connectivity index (χ1n) is 6.03. The number of anilines is 2. The summed E-state index contributed by atoms with van der Waals surface area (Å²) < 4.78 is 0. The number of amides is 1. The van der Waals surface area contributed by atoms with Crippen molar-refractivity contribution < 1.29 is 14.7 Å². The number of aryl methyl sites for hydroxylation is 1. The van der Waals surface area contributed by atoms with Gasteiger partial charge in [0.15, 0.2) is 0 Å². The van der Waals surface area contributed by atoms with Gasteiger partial charge >= 0.3 is 5.97 Å². The van der Waals surface area contributed by atoms with Crippen LogP contribution in [-0.4, -0.2) is 17.0 Å². The van der Waals surface area contributed by atoms with Gasteiger partial charge in [0.25, 0.3) is 5.91 Å². The normalized spacial score (nSPS) is 10.2. The molecule has 0 aliphatic heterocycles. The summed E-state index contributed by atoms with van der Waals surface area (Å²) in [4.78, 5) is 23.9. The van der Waals surface area contributed by atoms with Crippen LogP contribution in [0.3, 0.4) is 0 Å². The Kier molecular flexibility index (Phi) is 4.05. The van der Waals surface area contributed by atoms with E-state index in [9.17, 15) is 9.59 Å². The van der Waals surface area contributed by atoms with Crippen LogP contribution in [0.2, 0.25) is 0 Å². The maximum Gasteiger partial charge on any atom is 0.337 e. The number of carbonyl (C=O) groups is 2. The Balaban J connectivity index is 2.32. The standard InChI is InChI=1S/C14H14N2O3S/c1-2-8-5-6-20-12(8)13(17)16-11-7-9(15)3-4-10(11)14(18)19/h3-7H,2,15H2,1H3,(H,16,17)(H,18,19). The van der Waals surface area contributed by atoms with E-state index in [1.165, 1.54) is 29.5 Å². The molecule has 0 fully saturated rings. The van der Waals surface area contributed by atoms with Gasteiger partial charge in [-0.2, -0.15) is 0 Å². The van der Waals surface area contributed by atoms with Gasteiger partial charge in [0, 0.05) is 5.69 Å². The van der Waals surface area contributed by atoms with Crippen LogP contribution in [-0.2, 0) is 6.42 Å². The molecule has 0 radical (unpaired) electrons. The Hall–Kier alpha value is -2.34. The molecule has 2 rings (SSSR count). The van der Waals surface area contributed by atoms with E-state index in [1.807, 2.05) is 18.4 Å². The monoisotopic (exact) mass is 290 g/mol. The Labute approximate surface area is 120 Å². The van der Waals surface area contributed by atoms with Crippen molar-refractivity contribution in [2.24, 2.45) is 0 Å². The molecular formula is C14H14N2O3S. The lowest BCUT2D eigenvalue weighted by atomic mass is 10.1. The Bertz CT molecular complexity index is 664. The lowest BCUT2D eigenvalue weighted by Crippen LogP contribution is -2.15. The lowest BCUT2D eigenvalue weighted by Gasteiger charge is -2.09. The van der Waals surface area contributed by atoms with Crippen molar-refractivity contribution in [1.82, 2.24) is 0 Å². The number of hydrogen-bond donors (Lipinski definition) is 3. The minimum Gasteiger partial charge on any atom is -0.478 e. The van der Waals surface area contributed by atoms with Crippen molar-refractivity contribution in [2.45, 2.75) is 13.3 Å². The van der Waals surface area contributed by atoms with E-state index in [2.05, 4.69) is 5.32 Å². The molecule has 0 saturated heterocycles. The highest BCUT2D eigenvalue weighted by Gasteiger charge is 2.16. The molecule has 0 aliphatic carbocycles. The van der Waals surface area contributed by atoms with Gasteiger partial charge in [-0.3, -0.25) is 4.79 Å². The smallest absolute Gasteiger partial charge is 0.337 e. The number of hydrogen-bond acceptors (Lipinski definition) is 4. The zero-order chi connectivity index (χ0) is 14.7.